The molecule has 92 valence electrons. The van der Waals surface area contributed by atoms with Crippen LogP contribution in [0.5, 0.6) is 0 Å². The summed E-state index contributed by atoms with van der Waals surface area (Å²) in [6.45, 7) is 0.852. The fourth-order valence-electron chi connectivity index (χ4n) is 2.10. The van der Waals surface area contributed by atoms with Crippen LogP contribution in [0.15, 0.2) is 18.2 Å². The number of nitrogens with zero attached hydrogens (tertiary/aromatic N) is 1. The van der Waals surface area contributed by atoms with E-state index in [1.807, 2.05) is 4.90 Å². The standard InChI is InChI=1S/C12H15NO4/c14-7-10(15)6-13-4-3-8-5-9(12(16)17)1-2-11(8)13/h1-2,5,10,14-15H,3-4,6-7H2,(H,16,17). The van der Waals surface area contributed by atoms with Crippen LogP contribution in [0.4, 0.5) is 5.69 Å². The minimum atomic E-state index is -0.929. The number of aromatic carboxylic acids is 1. The van der Waals surface area contributed by atoms with E-state index in [2.05, 4.69) is 0 Å². The molecule has 5 nitrogen and oxygen atoms in total. The molecule has 0 spiro atoms. The lowest BCUT2D eigenvalue weighted by Crippen LogP contribution is -2.32. The summed E-state index contributed by atoms with van der Waals surface area (Å²) in [4.78, 5) is 12.8. The Labute approximate surface area is 98.9 Å². The molecule has 1 unspecified atom stereocenters. The van der Waals surface area contributed by atoms with Gasteiger partial charge in [0, 0.05) is 18.8 Å². The molecule has 0 amide bonds. The van der Waals surface area contributed by atoms with Crippen LogP contribution in [0, 0.1) is 0 Å². The first-order valence-electron chi connectivity index (χ1n) is 5.52. The van der Waals surface area contributed by atoms with Crippen molar-refractivity contribution < 1.29 is 20.1 Å². The maximum absolute atomic E-state index is 10.8. The average molecular weight is 237 g/mol. The molecule has 17 heavy (non-hydrogen) atoms. The van der Waals surface area contributed by atoms with Gasteiger partial charge in [0.15, 0.2) is 0 Å². The summed E-state index contributed by atoms with van der Waals surface area (Å²) in [5, 5.41) is 27.1. The quantitative estimate of drug-likeness (QED) is 0.692. The number of rotatable bonds is 4. The van der Waals surface area contributed by atoms with E-state index in [1.54, 1.807) is 18.2 Å². The second kappa shape index (κ2) is 4.73. The van der Waals surface area contributed by atoms with Crippen molar-refractivity contribution in [3.63, 3.8) is 0 Å². The third-order valence-electron chi connectivity index (χ3n) is 2.96. The van der Waals surface area contributed by atoms with Crippen LogP contribution >= 0.6 is 0 Å². The van der Waals surface area contributed by atoms with Gasteiger partial charge in [-0.05, 0) is 30.2 Å². The predicted molar refractivity (Wildman–Crippen MR) is 62.4 cm³/mol. The maximum Gasteiger partial charge on any atom is 0.335 e. The highest BCUT2D eigenvalue weighted by Gasteiger charge is 2.22. The highest BCUT2D eigenvalue weighted by Crippen LogP contribution is 2.28. The number of carboxylic acids is 1. The molecule has 0 radical (unpaired) electrons. The largest absolute Gasteiger partial charge is 0.478 e. The van der Waals surface area contributed by atoms with Crippen LogP contribution < -0.4 is 4.90 Å². The fraction of sp³-hybridized carbons (Fsp3) is 0.417. The Balaban J connectivity index is 2.19. The molecule has 1 aromatic carbocycles. The normalized spacial score (nSPS) is 15.8. The van der Waals surface area contributed by atoms with Gasteiger partial charge in [-0.15, -0.1) is 0 Å². The summed E-state index contributed by atoms with van der Waals surface area (Å²) in [5.74, 6) is -0.929. The molecule has 0 aromatic heterocycles. The molecule has 0 aliphatic carbocycles. The van der Waals surface area contributed by atoms with Gasteiger partial charge in [-0.3, -0.25) is 0 Å². The number of anilines is 1. The van der Waals surface area contributed by atoms with Crippen molar-refractivity contribution in [2.45, 2.75) is 12.5 Å². The third-order valence-corrected chi connectivity index (χ3v) is 2.96. The number of fused-ring (bicyclic) bond motifs is 1. The number of aliphatic hydroxyl groups is 2. The first-order chi connectivity index (χ1) is 8.11. The Bertz CT molecular complexity index is 433. The van der Waals surface area contributed by atoms with Crippen molar-refractivity contribution >= 4 is 11.7 Å². The molecule has 1 aliphatic heterocycles. The van der Waals surface area contributed by atoms with Crippen LogP contribution in [0.3, 0.4) is 0 Å². The van der Waals surface area contributed by atoms with Crippen molar-refractivity contribution in [1.82, 2.24) is 0 Å². The van der Waals surface area contributed by atoms with Gasteiger partial charge in [0.1, 0.15) is 0 Å². The lowest BCUT2D eigenvalue weighted by molar-refractivity contribution is 0.0697. The summed E-state index contributed by atoms with van der Waals surface area (Å²) in [6, 6.07) is 4.99. The van der Waals surface area contributed by atoms with Gasteiger partial charge in [-0.25, -0.2) is 4.79 Å². The smallest absolute Gasteiger partial charge is 0.335 e. The minimum absolute atomic E-state index is 0.265. The molecule has 0 bridgehead atoms. The molecule has 1 atom stereocenters. The Hall–Kier alpha value is -1.59. The van der Waals surface area contributed by atoms with E-state index in [1.165, 1.54) is 0 Å². The monoisotopic (exact) mass is 237 g/mol. The van der Waals surface area contributed by atoms with E-state index in [4.69, 9.17) is 10.2 Å². The van der Waals surface area contributed by atoms with E-state index >= 15 is 0 Å². The molecule has 1 aliphatic rings. The predicted octanol–water partition coefficient (Wildman–Crippen LogP) is 0.100. The third kappa shape index (κ3) is 2.40. The van der Waals surface area contributed by atoms with E-state index in [9.17, 15) is 9.90 Å². The molecule has 1 aromatic rings. The molecule has 0 saturated heterocycles. The molecule has 1 heterocycles. The molecule has 2 rings (SSSR count). The Kier molecular flexibility index (Phi) is 3.31. The summed E-state index contributed by atoms with van der Waals surface area (Å²) in [7, 11) is 0. The Morgan fingerprint density at radius 1 is 1.47 bits per heavy atom. The van der Waals surface area contributed by atoms with Gasteiger partial charge in [0.05, 0.1) is 18.3 Å². The zero-order chi connectivity index (χ0) is 12.4. The topological polar surface area (TPSA) is 81.0 Å². The number of carboxylic acid groups (broad SMARTS) is 1. The zero-order valence-corrected chi connectivity index (χ0v) is 9.33. The van der Waals surface area contributed by atoms with E-state index in [0.29, 0.717) is 6.54 Å². The number of β-amino-alcohol motifs (C(OH)–C–C–N with tert-alkyl or cyclic N) is 1. The van der Waals surface area contributed by atoms with Crippen LogP contribution in [0.25, 0.3) is 0 Å². The van der Waals surface area contributed by atoms with Gasteiger partial charge in [0.25, 0.3) is 0 Å². The van der Waals surface area contributed by atoms with E-state index in [-0.39, 0.29) is 12.2 Å². The number of hydrogen-bond donors (Lipinski definition) is 3. The van der Waals surface area contributed by atoms with Crippen molar-refractivity contribution in [3.8, 4) is 0 Å². The number of carbonyl (C=O) groups is 1. The number of aliphatic hydroxyl groups excluding tert-OH is 2. The molecule has 3 N–H and O–H groups in total. The number of hydrogen-bond acceptors (Lipinski definition) is 4. The summed E-state index contributed by atoms with van der Waals surface area (Å²) < 4.78 is 0. The van der Waals surface area contributed by atoms with Gasteiger partial charge >= 0.3 is 5.97 Å². The summed E-state index contributed by atoms with van der Waals surface area (Å²) in [5.41, 5.74) is 2.21. The van der Waals surface area contributed by atoms with E-state index < -0.39 is 12.1 Å². The lowest BCUT2D eigenvalue weighted by Gasteiger charge is -2.21. The summed E-state index contributed by atoms with van der Waals surface area (Å²) >= 11 is 0. The van der Waals surface area contributed by atoms with Crippen LogP contribution in [0.1, 0.15) is 15.9 Å². The molecule has 0 saturated carbocycles. The SMILES string of the molecule is O=C(O)c1ccc2c(c1)CCN2CC(O)CO. The van der Waals surface area contributed by atoms with Crippen molar-refractivity contribution in [2.75, 3.05) is 24.6 Å². The Morgan fingerprint density at radius 2 is 2.24 bits per heavy atom. The second-order valence-electron chi connectivity index (χ2n) is 4.18. The first kappa shape index (κ1) is 11.9. The minimum Gasteiger partial charge on any atom is -0.478 e. The molecular weight excluding hydrogens is 222 g/mol. The maximum atomic E-state index is 10.8. The van der Waals surface area contributed by atoms with Crippen LogP contribution in [0.2, 0.25) is 0 Å². The lowest BCUT2D eigenvalue weighted by atomic mass is 10.1. The Morgan fingerprint density at radius 3 is 2.88 bits per heavy atom. The van der Waals surface area contributed by atoms with Crippen molar-refractivity contribution in [3.05, 3.63) is 29.3 Å². The van der Waals surface area contributed by atoms with Crippen LogP contribution in [-0.4, -0.2) is 47.1 Å². The van der Waals surface area contributed by atoms with Crippen molar-refractivity contribution in [1.29, 1.82) is 0 Å². The average Bonchev–Trinajstić information content (AvgIpc) is 2.71. The van der Waals surface area contributed by atoms with Gasteiger partial charge in [-0.1, -0.05) is 0 Å². The molecule has 5 heteroatoms. The van der Waals surface area contributed by atoms with Gasteiger partial charge < -0.3 is 20.2 Å². The molecule has 0 fully saturated rings. The number of benzene rings is 1. The highest BCUT2D eigenvalue weighted by molar-refractivity contribution is 5.88. The first-order valence-corrected chi connectivity index (χ1v) is 5.52. The van der Waals surface area contributed by atoms with E-state index in [0.717, 1.165) is 24.2 Å². The fourth-order valence-corrected chi connectivity index (χ4v) is 2.10. The highest BCUT2D eigenvalue weighted by atomic mass is 16.4. The van der Waals surface area contributed by atoms with Gasteiger partial charge in [0.2, 0.25) is 0 Å². The second-order valence-corrected chi connectivity index (χ2v) is 4.18. The van der Waals surface area contributed by atoms with Crippen molar-refractivity contribution in [2.24, 2.45) is 0 Å². The summed E-state index contributed by atoms with van der Waals surface area (Å²) in [6.07, 6.45) is 0.00863. The zero-order valence-electron chi connectivity index (χ0n) is 9.33. The molecular formula is C12H15NO4. The van der Waals surface area contributed by atoms with Crippen LogP contribution in [-0.2, 0) is 6.42 Å². The van der Waals surface area contributed by atoms with Gasteiger partial charge in [-0.2, -0.15) is 0 Å².